The largest absolute Gasteiger partial charge is 0.467 e. The molecule has 1 N–H and O–H groups in total. The van der Waals surface area contributed by atoms with Crippen molar-refractivity contribution in [3.8, 4) is 0 Å². The number of hydrogen-bond donors (Lipinski definition) is 1. The van der Waals surface area contributed by atoms with E-state index in [0.29, 0.717) is 33.9 Å². The molecule has 2 heterocycles. The van der Waals surface area contributed by atoms with Gasteiger partial charge in [0.15, 0.2) is 5.16 Å². The summed E-state index contributed by atoms with van der Waals surface area (Å²) in [6, 6.07) is 13.4. The first-order chi connectivity index (χ1) is 16.9. The van der Waals surface area contributed by atoms with Crippen LogP contribution in [0.25, 0.3) is 10.9 Å². The average molecular weight is 496 g/mol. The fourth-order valence-electron chi connectivity index (χ4n) is 3.44. The third-order valence-corrected chi connectivity index (χ3v) is 6.61. The van der Waals surface area contributed by atoms with Crippen LogP contribution in [0.2, 0.25) is 0 Å². The number of nitrogens with zero attached hydrogens (tertiary/aromatic N) is 2. The van der Waals surface area contributed by atoms with Gasteiger partial charge in [-0.05, 0) is 61.0 Å². The lowest BCUT2D eigenvalue weighted by atomic mass is 10.1. The summed E-state index contributed by atoms with van der Waals surface area (Å²) in [6.07, 6.45) is 1.95. The second-order valence-corrected chi connectivity index (χ2v) is 8.77. The van der Waals surface area contributed by atoms with Gasteiger partial charge in [-0.2, -0.15) is 0 Å². The molecule has 1 amide bonds. The van der Waals surface area contributed by atoms with E-state index in [1.54, 1.807) is 12.1 Å². The summed E-state index contributed by atoms with van der Waals surface area (Å²) in [5.41, 5.74) is 0.689. The van der Waals surface area contributed by atoms with Gasteiger partial charge >= 0.3 is 5.97 Å². The molecule has 0 saturated heterocycles. The first-order valence-electron chi connectivity index (χ1n) is 10.8. The number of carbonyl (C=O) groups excluding carboxylic acids is 2. The maximum atomic E-state index is 13.4. The van der Waals surface area contributed by atoms with Gasteiger partial charge in [0, 0.05) is 5.69 Å². The predicted octanol–water partition coefficient (Wildman–Crippen LogP) is 4.47. The Morgan fingerprint density at radius 3 is 2.63 bits per heavy atom. The number of rotatable bonds is 8. The second-order valence-electron chi connectivity index (χ2n) is 7.60. The molecule has 0 bridgehead atoms. The minimum absolute atomic E-state index is 0.117. The Labute approximate surface area is 204 Å². The Kier molecular flexibility index (Phi) is 7.31. The molecular formula is C25H22FN3O5S. The van der Waals surface area contributed by atoms with E-state index < -0.39 is 17.0 Å². The van der Waals surface area contributed by atoms with Gasteiger partial charge in [-0.25, -0.2) is 14.2 Å². The van der Waals surface area contributed by atoms with Crippen LogP contribution in [0.4, 0.5) is 10.1 Å². The number of hydrogen-bond acceptors (Lipinski definition) is 7. The van der Waals surface area contributed by atoms with Crippen molar-refractivity contribution in [3.05, 3.63) is 88.4 Å². The Morgan fingerprint density at radius 1 is 1.20 bits per heavy atom. The fraction of sp³-hybridized carbons (Fsp3) is 0.200. The predicted molar refractivity (Wildman–Crippen MR) is 130 cm³/mol. The van der Waals surface area contributed by atoms with Crippen molar-refractivity contribution < 1.29 is 23.1 Å². The molecule has 10 heteroatoms. The number of fused-ring (bicyclic) bond motifs is 1. The minimum Gasteiger partial charge on any atom is -0.467 e. The van der Waals surface area contributed by atoms with Crippen molar-refractivity contribution in [1.29, 1.82) is 0 Å². The maximum Gasteiger partial charge on any atom is 0.337 e. The lowest BCUT2D eigenvalue weighted by Gasteiger charge is -2.18. The van der Waals surface area contributed by atoms with Gasteiger partial charge in [-0.3, -0.25) is 14.2 Å². The summed E-state index contributed by atoms with van der Waals surface area (Å²) < 4.78 is 24.8. The zero-order valence-corrected chi connectivity index (χ0v) is 19.8. The Hall–Kier alpha value is -3.92. The third kappa shape index (κ3) is 5.43. The summed E-state index contributed by atoms with van der Waals surface area (Å²) >= 11 is 1.12. The second kappa shape index (κ2) is 10.6. The smallest absolute Gasteiger partial charge is 0.337 e. The number of aromatic nitrogens is 2. The van der Waals surface area contributed by atoms with Crippen LogP contribution in [0.15, 0.2) is 75.2 Å². The van der Waals surface area contributed by atoms with E-state index in [4.69, 9.17) is 9.15 Å². The molecule has 0 spiro atoms. The van der Waals surface area contributed by atoms with Crippen LogP contribution in [-0.4, -0.2) is 33.8 Å². The Morgan fingerprint density at radius 2 is 1.97 bits per heavy atom. The molecule has 0 saturated carbocycles. The van der Waals surface area contributed by atoms with E-state index in [1.165, 1.54) is 60.4 Å². The molecule has 2 aromatic heterocycles. The van der Waals surface area contributed by atoms with Crippen molar-refractivity contribution >= 4 is 40.2 Å². The zero-order chi connectivity index (χ0) is 24.9. The van der Waals surface area contributed by atoms with Crippen molar-refractivity contribution in [1.82, 2.24) is 9.55 Å². The third-order valence-electron chi connectivity index (χ3n) is 5.26. The highest BCUT2D eigenvalue weighted by Crippen LogP contribution is 2.27. The van der Waals surface area contributed by atoms with Gasteiger partial charge in [-0.15, -0.1) is 0 Å². The lowest BCUT2D eigenvalue weighted by Crippen LogP contribution is -2.28. The standard InChI is InChI=1S/C25H22FN3O5S/c1-3-21(22(30)27-17-9-7-16(26)8-10-17)35-25-28-20-13-15(24(32)33-2)6-11-19(20)23(31)29(25)14-18-5-4-12-34-18/h4-13,21H,3,14H2,1-2H3,(H,27,30). The summed E-state index contributed by atoms with van der Waals surface area (Å²) in [6.45, 7) is 1.96. The molecule has 35 heavy (non-hydrogen) atoms. The fourth-order valence-corrected chi connectivity index (χ4v) is 4.45. The number of methoxy groups -OCH3 is 1. The molecule has 180 valence electrons. The van der Waals surface area contributed by atoms with Crippen LogP contribution in [0.1, 0.15) is 29.5 Å². The molecule has 0 aliphatic heterocycles. The number of furan rings is 1. The molecule has 4 aromatic rings. The number of benzene rings is 2. The highest BCUT2D eigenvalue weighted by atomic mass is 32.2. The summed E-state index contributed by atoms with van der Waals surface area (Å²) in [5, 5.41) is 2.78. The average Bonchev–Trinajstić information content (AvgIpc) is 3.38. The molecule has 0 aliphatic carbocycles. The zero-order valence-electron chi connectivity index (χ0n) is 19.0. The lowest BCUT2D eigenvalue weighted by molar-refractivity contribution is -0.115. The molecule has 0 fully saturated rings. The van der Waals surface area contributed by atoms with E-state index in [-0.39, 0.29) is 23.6 Å². The minimum atomic E-state index is -0.601. The molecule has 0 aliphatic rings. The van der Waals surface area contributed by atoms with Crippen molar-refractivity contribution in [2.75, 3.05) is 12.4 Å². The number of nitrogens with one attached hydrogen (secondary N) is 1. The highest BCUT2D eigenvalue weighted by molar-refractivity contribution is 8.00. The van der Waals surface area contributed by atoms with E-state index in [0.717, 1.165) is 11.8 Å². The van der Waals surface area contributed by atoms with Gasteiger partial charge in [-0.1, -0.05) is 18.7 Å². The summed E-state index contributed by atoms with van der Waals surface area (Å²) in [7, 11) is 1.27. The number of esters is 1. The van der Waals surface area contributed by atoms with E-state index in [9.17, 15) is 18.8 Å². The number of carbonyl (C=O) groups is 2. The molecule has 1 unspecified atom stereocenters. The highest BCUT2D eigenvalue weighted by Gasteiger charge is 2.23. The van der Waals surface area contributed by atoms with Crippen LogP contribution in [0.3, 0.4) is 0 Å². The maximum absolute atomic E-state index is 13.4. The van der Waals surface area contributed by atoms with Gasteiger partial charge in [0.2, 0.25) is 5.91 Å². The monoisotopic (exact) mass is 495 g/mol. The molecule has 1 atom stereocenters. The first-order valence-corrected chi connectivity index (χ1v) is 11.7. The van der Waals surface area contributed by atoms with Gasteiger partial charge in [0.1, 0.15) is 11.6 Å². The van der Waals surface area contributed by atoms with Gasteiger partial charge in [0.25, 0.3) is 5.56 Å². The van der Waals surface area contributed by atoms with Crippen LogP contribution in [0.5, 0.6) is 0 Å². The summed E-state index contributed by atoms with van der Waals surface area (Å²) in [5.74, 6) is -0.720. The topological polar surface area (TPSA) is 103 Å². The number of halogens is 1. The van der Waals surface area contributed by atoms with Crippen molar-refractivity contribution in [2.45, 2.75) is 30.3 Å². The molecule has 0 radical (unpaired) electrons. The number of anilines is 1. The SMILES string of the molecule is CCC(Sc1nc2cc(C(=O)OC)ccc2c(=O)n1Cc1ccco1)C(=O)Nc1ccc(F)cc1. The van der Waals surface area contributed by atoms with Crippen molar-refractivity contribution in [3.63, 3.8) is 0 Å². The van der Waals surface area contributed by atoms with Gasteiger partial charge < -0.3 is 14.5 Å². The van der Waals surface area contributed by atoms with Gasteiger partial charge in [0.05, 0.1) is 41.6 Å². The van der Waals surface area contributed by atoms with E-state index in [2.05, 4.69) is 10.3 Å². The Bertz CT molecular complexity index is 1420. The summed E-state index contributed by atoms with van der Waals surface area (Å²) in [4.78, 5) is 43.0. The van der Waals surface area contributed by atoms with Crippen LogP contribution in [-0.2, 0) is 16.1 Å². The van der Waals surface area contributed by atoms with Crippen LogP contribution in [0, 0.1) is 5.82 Å². The number of ether oxygens (including phenoxy) is 1. The Balaban J connectivity index is 1.73. The van der Waals surface area contributed by atoms with Crippen LogP contribution >= 0.6 is 11.8 Å². The normalized spacial score (nSPS) is 11.9. The van der Waals surface area contributed by atoms with E-state index >= 15 is 0 Å². The first kappa shape index (κ1) is 24.2. The molecule has 8 nitrogen and oxygen atoms in total. The van der Waals surface area contributed by atoms with E-state index in [1.807, 2.05) is 6.92 Å². The van der Waals surface area contributed by atoms with Crippen LogP contribution < -0.4 is 10.9 Å². The number of amides is 1. The van der Waals surface area contributed by atoms with Crippen molar-refractivity contribution in [2.24, 2.45) is 0 Å². The quantitative estimate of drug-likeness (QED) is 0.218. The molecule has 2 aromatic carbocycles. The molecule has 4 rings (SSSR count). The number of thioether (sulfide) groups is 1. The molecular weight excluding hydrogens is 473 g/mol.